The second-order valence-corrected chi connectivity index (χ2v) is 6.03. The van der Waals surface area contributed by atoms with Crippen molar-refractivity contribution < 1.29 is 4.79 Å². The maximum atomic E-state index is 12.1. The highest BCUT2D eigenvalue weighted by molar-refractivity contribution is 5.96. The van der Waals surface area contributed by atoms with Gasteiger partial charge in [0.1, 0.15) is 6.29 Å². The second-order valence-electron chi connectivity index (χ2n) is 6.03. The summed E-state index contributed by atoms with van der Waals surface area (Å²) in [5.74, 6) is 0.233. The Hall–Kier alpha value is -2.41. The fourth-order valence-electron chi connectivity index (χ4n) is 3.64. The number of aldehydes is 1. The number of hydrogen-bond donors (Lipinski definition) is 0. The van der Waals surface area contributed by atoms with Crippen molar-refractivity contribution in [3.05, 3.63) is 89.5 Å². The quantitative estimate of drug-likeness (QED) is 0.734. The molecule has 1 aliphatic carbocycles. The molecule has 22 heavy (non-hydrogen) atoms. The van der Waals surface area contributed by atoms with E-state index in [-0.39, 0.29) is 5.92 Å². The van der Waals surface area contributed by atoms with Gasteiger partial charge in [-0.15, -0.1) is 0 Å². The summed E-state index contributed by atoms with van der Waals surface area (Å²) in [6.45, 7) is 8.20. The van der Waals surface area contributed by atoms with Crippen LogP contribution in [0, 0.1) is 0 Å². The standard InChI is InChI=1S/C21H20O/c1-4-17-15(2)18-12-8-9-13-19(18)21(3,14-22)20(17)16-10-6-5-7-11-16/h4-15H,1H2,2-3H3. The van der Waals surface area contributed by atoms with Gasteiger partial charge in [0, 0.05) is 5.92 Å². The molecule has 2 aromatic rings. The highest BCUT2D eigenvalue weighted by Gasteiger charge is 2.40. The molecule has 0 aromatic heterocycles. The predicted octanol–water partition coefficient (Wildman–Crippen LogP) is 4.90. The number of carbonyl (C=O) groups is 1. The van der Waals surface area contributed by atoms with Crippen molar-refractivity contribution in [1.29, 1.82) is 0 Å². The molecule has 0 bridgehead atoms. The summed E-state index contributed by atoms with van der Waals surface area (Å²) in [5, 5.41) is 0. The molecule has 0 spiro atoms. The number of carbonyl (C=O) groups excluding carboxylic acids is 1. The Balaban J connectivity index is 2.38. The van der Waals surface area contributed by atoms with Gasteiger partial charge < -0.3 is 4.79 Å². The van der Waals surface area contributed by atoms with Crippen LogP contribution in [0.5, 0.6) is 0 Å². The van der Waals surface area contributed by atoms with Crippen LogP contribution in [0.25, 0.3) is 5.57 Å². The highest BCUT2D eigenvalue weighted by atomic mass is 16.1. The van der Waals surface area contributed by atoms with Gasteiger partial charge in [-0.2, -0.15) is 0 Å². The summed E-state index contributed by atoms with van der Waals surface area (Å²) in [6, 6.07) is 18.4. The molecule has 2 atom stereocenters. The van der Waals surface area contributed by atoms with E-state index in [9.17, 15) is 4.79 Å². The summed E-state index contributed by atoms with van der Waals surface area (Å²) in [5.41, 5.74) is 4.97. The van der Waals surface area contributed by atoms with E-state index in [4.69, 9.17) is 0 Å². The monoisotopic (exact) mass is 288 g/mol. The maximum absolute atomic E-state index is 12.1. The molecule has 0 amide bonds. The Bertz CT molecular complexity index is 754. The smallest absolute Gasteiger partial charge is 0.134 e. The number of rotatable bonds is 3. The van der Waals surface area contributed by atoms with Crippen LogP contribution >= 0.6 is 0 Å². The average molecular weight is 288 g/mol. The van der Waals surface area contributed by atoms with E-state index in [1.807, 2.05) is 43.3 Å². The Labute approximate surface area is 132 Å². The molecule has 3 rings (SSSR count). The van der Waals surface area contributed by atoms with E-state index in [0.29, 0.717) is 0 Å². The van der Waals surface area contributed by atoms with Gasteiger partial charge in [-0.05, 0) is 34.8 Å². The number of allylic oxidation sites excluding steroid dienone is 3. The van der Waals surface area contributed by atoms with Crippen molar-refractivity contribution in [2.45, 2.75) is 25.2 Å². The van der Waals surface area contributed by atoms with Gasteiger partial charge in [0.15, 0.2) is 0 Å². The van der Waals surface area contributed by atoms with Gasteiger partial charge >= 0.3 is 0 Å². The van der Waals surface area contributed by atoms with Crippen LogP contribution in [0.1, 0.15) is 36.5 Å². The summed E-state index contributed by atoms with van der Waals surface area (Å²) in [7, 11) is 0. The van der Waals surface area contributed by atoms with E-state index < -0.39 is 5.41 Å². The summed E-state index contributed by atoms with van der Waals surface area (Å²) < 4.78 is 0. The lowest BCUT2D eigenvalue weighted by atomic mass is 9.63. The molecule has 0 radical (unpaired) electrons. The zero-order chi connectivity index (χ0) is 15.7. The molecule has 110 valence electrons. The van der Waals surface area contributed by atoms with Crippen LogP contribution in [0.15, 0.2) is 72.8 Å². The van der Waals surface area contributed by atoms with Crippen molar-refractivity contribution in [2.75, 3.05) is 0 Å². The van der Waals surface area contributed by atoms with Gasteiger partial charge in [0.25, 0.3) is 0 Å². The van der Waals surface area contributed by atoms with Crippen molar-refractivity contribution in [1.82, 2.24) is 0 Å². The molecule has 2 aromatic carbocycles. The first-order valence-corrected chi connectivity index (χ1v) is 7.61. The molecule has 1 nitrogen and oxygen atoms in total. The van der Waals surface area contributed by atoms with Gasteiger partial charge in [0.2, 0.25) is 0 Å². The number of hydrogen-bond acceptors (Lipinski definition) is 1. The summed E-state index contributed by atoms with van der Waals surface area (Å²) in [6.07, 6.45) is 2.98. The molecule has 0 saturated carbocycles. The maximum Gasteiger partial charge on any atom is 0.134 e. The predicted molar refractivity (Wildman–Crippen MR) is 91.8 cm³/mol. The molecule has 0 fully saturated rings. The molecular weight excluding hydrogens is 268 g/mol. The van der Waals surface area contributed by atoms with Crippen molar-refractivity contribution in [2.24, 2.45) is 0 Å². The minimum atomic E-state index is -0.645. The first kappa shape index (κ1) is 14.5. The fraction of sp³-hybridized carbons (Fsp3) is 0.190. The number of fused-ring (bicyclic) bond motifs is 1. The third-order valence-electron chi connectivity index (χ3n) is 4.78. The third-order valence-corrected chi connectivity index (χ3v) is 4.78. The fourth-order valence-corrected chi connectivity index (χ4v) is 3.64. The zero-order valence-electron chi connectivity index (χ0n) is 13.0. The van der Waals surface area contributed by atoms with Crippen LogP contribution in [-0.2, 0) is 10.2 Å². The molecule has 1 aliphatic rings. The Morgan fingerprint density at radius 3 is 2.32 bits per heavy atom. The molecule has 0 aliphatic heterocycles. The van der Waals surface area contributed by atoms with E-state index in [2.05, 4.69) is 37.8 Å². The van der Waals surface area contributed by atoms with Crippen LogP contribution in [0.4, 0.5) is 0 Å². The van der Waals surface area contributed by atoms with E-state index in [1.165, 1.54) is 5.56 Å². The number of benzene rings is 2. The molecular formula is C21H20O. The zero-order valence-corrected chi connectivity index (χ0v) is 13.0. The van der Waals surface area contributed by atoms with Crippen molar-refractivity contribution in [3.63, 3.8) is 0 Å². The first-order chi connectivity index (χ1) is 10.6. The minimum Gasteiger partial charge on any atom is -0.302 e. The topological polar surface area (TPSA) is 17.1 Å². The van der Waals surface area contributed by atoms with Crippen molar-refractivity contribution in [3.8, 4) is 0 Å². The molecule has 0 heterocycles. The Kier molecular flexibility index (Phi) is 3.58. The van der Waals surface area contributed by atoms with Crippen LogP contribution in [-0.4, -0.2) is 6.29 Å². The van der Waals surface area contributed by atoms with Crippen LogP contribution in [0.2, 0.25) is 0 Å². The Morgan fingerprint density at radius 2 is 1.68 bits per heavy atom. The van der Waals surface area contributed by atoms with E-state index in [0.717, 1.165) is 28.6 Å². The molecule has 1 heteroatoms. The van der Waals surface area contributed by atoms with Gasteiger partial charge in [-0.3, -0.25) is 0 Å². The lowest BCUT2D eigenvalue weighted by molar-refractivity contribution is -0.110. The van der Waals surface area contributed by atoms with Gasteiger partial charge in [-0.1, -0.05) is 74.2 Å². The molecule has 0 saturated heterocycles. The van der Waals surface area contributed by atoms with Gasteiger partial charge in [0.05, 0.1) is 5.41 Å². The molecule has 2 unspecified atom stereocenters. The SMILES string of the molecule is C=CC1=C(c2ccccc2)C(C)(C=O)c2ccccc2C1C. The lowest BCUT2D eigenvalue weighted by Gasteiger charge is -2.38. The minimum absolute atomic E-state index is 0.233. The van der Waals surface area contributed by atoms with Crippen molar-refractivity contribution >= 4 is 11.9 Å². The second kappa shape index (κ2) is 5.42. The Morgan fingerprint density at radius 1 is 1.05 bits per heavy atom. The molecule has 0 N–H and O–H groups in total. The van der Waals surface area contributed by atoms with Crippen LogP contribution in [0.3, 0.4) is 0 Å². The van der Waals surface area contributed by atoms with E-state index >= 15 is 0 Å². The van der Waals surface area contributed by atoms with Gasteiger partial charge in [-0.25, -0.2) is 0 Å². The average Bonchev–Trinajstić information content (AvgIpc) is 2.58. The van der Waals surface area contributed by atoms with E-state index in [1.54, 1.807) is 0 Å². The largest absolute Gasteiger partial charge is 0.302 e. The van der Waals surface area contributed by atoms with Crippen LogP contribution < -0.4 is 0 Å². The summed E-state index contributed by atoms with van der Waals surface area (Å²) >= 11 is 0. The third kappa shape index (κ3) is 1.97. The lowest BCUT2D eigenvalue weighted by Crippen LogP contribution is -2.32. The summed E-state index contributed by atoms with van der Waals surface area (Å²) in [4.78, 5) is 12.1. The first-order valence-electron chi connectivity index (χ1n) is 7.61. The highest BCUT2D eigenvalue weighted by Crippen LogP contribution is 2.49. The normalized spacial score (nSPS) is 23.8.